The molecule has 0 aromatic heterocycles. The van der Waals surface area contributed by atoms with Crippen molar-refractivity contribution in [2.45, 2.75) is 25.7 Å². The second-order valence-electron chi connectivity index (χ2n) is 4.85. The molecule has 4 N–H and O–H groups in total. The highest BCUT2D eigenvalue weighted by atomic mass is 35.5. The number of carbonyl (C=O) groups is 1. The molecular weight excluding hydrogens is 285 g/mol. The predicted molar refractivity (Wildman–Crippen MR) is 74.3 cm³/mol. The lowest BCUT2D eigenvalue weighted by Crippen LogP contribution is -2.45. The van der Waals surface area contributed by atoms with E-state index in [2.05, 4.69) is 10.5 Å². The van der Waals surface area contributed by atoms with Crippen LogP contribution >= 0.6 is 11.6 Å². The van der Waals surface area contributed by atoms with Crippen molar-refractivity contribution < 1.29 is 14.4 Å². The summed E-state index contributed by atoms with van der Waals surface area (Å²) in [6, 6.07) is 3.97. The Kier molecular flexibility index (Phi) is 4.13. The van der Waals surface area contributed by atoms with Crippen LogP contribution in [0.25, 0.3) is 0 Å². The van der Waals surface area contributed by atoms with E-state index in [0.717, 1.165) is 18.9 Å². The van der Waals surface area contributed by atoms with Crippen LogP contribution in [0.2, 0.25) is 5.02 Å². The first kappa shape index (κ1) is 14.6. The van der Waals surface area contributed by atoms with Gasteiger partial charge < -0.3 is 16.3 Å². The number of amidine groups is 1. The van der Waals surface area contributed by atoms with Gasteiger partial charge in [-0.25, -0.2) is 4.39 Å². The number of oxime groups is 1. The fourth-order valence-electron chi connectivity index (χ4n) is 2.51. The number of nitrogens with zero attached hydrogens (tertiary/aromatic N) is 1. The van der Waals surface area contributed by atoms with Gasteiger partial charge in [0.2, 0.25) is 5.91 Å². The molecule has 108 valence electrons. The van der Waals surface area contributed by atoms with Gasteiger partial charge in [0.05, 0.1) is 5.69 Å². The monoisotopic (exact) mass is 299 g/mol. The van der Waals surface area contributed by atoms with Gasteiger partial charge in [0.15, 0.2) is 5.84 Å². The molecule has 1 aromatic rings. The maximum atomic E-state index is 13.7. The van der Waals surface area contributed by atoms with Crippen molar-refractivity contribution in [2.24, 2.45) is 16.3 Å². The van der Waals surface area contributed by atoms with Gasteiger partial charge in [0.1, 0.15) is 11.2 Å². The summed E-state index contributed by atoms with van der Waals surface area (Å²) >= 11 is 5.66. The van der Waals surface area contributed by atoms with Crippen molar-refractivity contribution in [3.8, 4) is 0 Å². The Labute approximate surface area is 120 Å². The van der Waals surface area contributed by atoms with E-state index in [9.17, 15) is 9.18 Å². The number of halogens is 2. The SMILES string of the molecule is NC(=NO)C1(C(=O)Nc2ccc(Cl)cc2F)CCCC1. The normalized spacial score (nSPS) is 18.0. The molecule has 0 aliphatic heterocycles. The summed E-state index contributed by atoms with van der Waals surface area (Å²) < 4.78 is 13.7. The summed E-state index contributed by atoms with van der Waals surface area (Å²) in [5.41, 5.74) is 4.61. The summed E-state index contributed by atoms with van der Waals surface area (Å²) in [6.45, 7) is 0. The van der Waals surface area contributed by atoms with E-state index in [1.54, 1.807) is 0 Å². The van der Waals surface area contributed by atoms with Gasteiger partial charge in [-0.2, -0.15) is 0 Å². The molecule has 1 aliphatic carbocycles. The van der Waals surface area contributed by atoms with E-state index < -0.39 is 17.1 Å². The first-order chi connectivity index (χ1) is 9.49. The van der Waals surface area contributed by atoms with Gasteiger partial charge >= 0.3 is 0 Å². The molecule has 0 radical (unpaired) electrons. The van der Waals surface area contributed by atoms with Crippen LogP contribution in [0.1, 0.15) is 25.7 Å². The average Bonchev–Trinajstić information content (AvgIpc) is 2.91. The highest BCUT2D eigenvalue weighted by Gasteiger charge is 2.45. The molecule has 0 unspecified atom stereocenters. The van der Waals surface area contributed by atoms with Crippen molar-refractivity contribution in [2.75, 3.05) is 5.32 Å². The molecule has 1 saturated carbocycles. The van der Waals surface area contributed by atoms with Crippen LogP contribution in [0.4, 0.5) is 10.1 Å². The zero-order valence-electron chi connectivity index (χ0n) is 10.7. The minimum atomic E-state index is -1.07. The van der Waals surface area contributed by atoms with Crippen LogP contribution in [-0.2, 0) is 4.79 Å². The number of nitrogens with two attached hydrogens (primary N) is 1. The highest BCUT2D eigenvalue weighted by molar-refractivity contribution is 6.30. The quantitative estimate of drug-likeness (QED) is 0.347. The van der Waals surface area contributed by atoms with Gasteiger partial charge in [-0.15, -0.1) is 0 Å². The van der Waals surface area contributed by atoms with Crippen LogP contribution in [0.3, 0.4) is 0 Å². The average molecular weight is 300 g/mol. The fourth-order valence-corrected chi connectivity index (χ4v) is 2.67. The van der Waals surface area contributed by atoms with Crippen LogP contribution in [0.15, 0.2) is 23.4 Å². The van der Waals surface area contributed by atoms with Gasteiger partial charge in [0.25, 0.3) is 0 Å². The lowest BCUT2D eigenvalue weighted by molar-refractivity contribution is -0.122. The summed E-state index contributed by atoms with van der Waals surface area (Å²) in [7, 11) is 0. The number of carbonyl (C=O) groups excluding carboxylic acids is 1. The molecule has 0 heterocycles. The van der Waals surface area contributed by atoms with Gasteiger partial charge in [0, 0.05) is 5.02 Å². The lowest BCUT2D eigenvalue weighted by Gasteiger charge is -2.26. The molecule has 0 spiro atoms. The van der Waals surface area contributed by atoms with E-state index >= 15 is 0 Å². The van der Waals surface area contributed by atoms with Crippen molar-refractivity contribution in [3.63, 3.8) is 0 Å². The molecular formula is C13H15ClFN3O2. The zero-order valence-corrected chi connectivity index (χ0v) is 11.5. The standard InChI is InChI=1S/C13H15ClFN3O2/c14-8-3-4-10(9(15)7-8)17-12(19)13(11(16)18-20)5-1-2-6-13/h3-4,7,20H,1-2,5-6H2,(H2,16,18)(H,17,19). The third kappa shape index (κ3) is 2.56. The minimum Gasteiger partial charge on any atom is -0.409 e. The van der Waals surface area contributed by atoms with Crippen molar-refractivity contribution in [3.05, 3.63) is 29.0 Å². The third-order valence-electron chi connectivity index (χ3n) is 3.67. The Morgan fingerprint density at radius 3 is 2.65 bits per heavy atom. The van der Waals surface area contributed by atoms with Gasteiger partial charge in [-0.3, -0.25) is 4.79 Å². The Balaban J connectivity index is 2.26. The number of rotatable bonds is 3. The molecule has 7 heteroatoms. The van der Waals surface area contributed by atoms with E-state index in [0.29, 0.717) is 12.8 Å². The number of hydrogen-bond donors (Lipinski definition) is 3. The maximum absolute atomic E-state index is 13.7. The first-order valence-electron chi connectivity index (χ1n) is 6.24. The second-order valence-corrected chi connectivity index (χ2v) is 5.29. The molecule has 1 fully saturated rings. The van der Waals surface area contributed by atoms with E-state index in [-0.39, 0.29) is 16.5 Å². The Hall–Kier alpha value is -1.82. The summed E-state index contributed by atoms with van der Waals surface area (Å²) in [5.74, 6) is -1.23. The van der Waals surface area contributed by atoms with Gasteiger partial charge in [-0.1, -0.05) is 29.6 Å². The molecule has 5 nitrogen and oxygen atoms in total. The third-order valence-corrected chi connectivity index (χ3v) is 3.90. The Morgan fingerprint density at radius 1 is 1.45 bits per heavy atom. The molecule has 0 bridgehead atoms. The molecule has 0 saturated heterocycles. The zero-order chi connectivity index (χ0) is 14.8. The van der Waals surface area contributed by atoms with Crippen LogP contribution in [0.5, 0.6) is 0 Å². The van der Waals surface area contributed by atoms with Crippen LogP contribution < -0.4 is 11.1 Å². The fraction of sp³-hybridized carbons (Fsp3) is 0.385. The summed E-state index contributed by atoms with van der Waals surface area (Å²) in [6.07, 6.45) is 2.55. The lowest BCUT2D eigenvalue weighted by atomic mass is 9.83. The molecule has 1 amide bonds. The molecule has 20 heavy (non-hydrogen) atoms. The number of hydrogen-bond acceptors (Lipinski definition) is 3. The van der Waals surface area contributed by atoms with E-state index in [4.69, 9.17) is 22.5 Å². The van der Waals surface area contributed by atoms with Crippen LogP contribution in [-0.4, -0.2) is 17.0 Å². The highest BCUT2D eigenvalue weighted by Crippen LogP contribution is 2.39. The Bertz CT molecular complexity index is 557. The molecule has 0 atom stereocenters. The smallest absolute Gasteiger partial charge is 0.238 e. The van der Waals surface area contributed by atoms with Crippen molar-refractivity contribution >= 4 is 29.0 Å². The van der Waals surface area contributed by atoms with Crippen molar-refractivity contribution in [1.29, 1.82) is 0 Å². The topological polar surface area (TPSA) is 87.7 Å². The molecule has 2 rings (SSSR count). The second kappa shape index (κ2) is 5.66. The minimum absolute atomic E-state index is 0.0245. The number of benzene rings is 1. The van der Waals surface area contributed by atoms with Gasteiger partial charge in [-0.05, 0) is 31.0 Å². The summed E-state index contributed by atoms with van der Waals surface area (Å²) in [4.78, 5) is 12.4. The van der Waals surface area contributed by atoms with Crippen LogP contribution in [0, 0.1) is 11.2 Å². The molecule has 1 aromatic carbocycles. The van der Waals surface area contributed by atoms with E-state index in [1.165, 1.54) is 12.1 Å². The number of nitrogens with one attached hydrogen (secondary N) is 1. The first-order valence-corrected chi connectivity index (χ1v) is 6.62. The molecule has 1 aliphatic rings. The Morgan fingerprint density at radius 2 is 2.10 bits per heavy atom. The summed E-state index contributed by atoms with van der Waals surface area (Å²) in [5, 5.41) is 14.6. The largest absolute Gasteiger partial charge is 0.409 e. The van der Waals surface area contributed by atoms with E-state index in [1.807, 2.05) is 0 Å². The number of amides is 1. The predicted octanol–water partition coefficient (Wildman–Crippen LogP) is 2.72. The number of anilines is 1. The van der Waals surface area contributed by atoms with Crippen molar-refractivity contribution in [1.82, 2.24) is 0 Å². The maximum Gasteiger partial charge on any atom is 0.238 e.